The van der Waals surface area contributed by atoms with Crippen LogP contribution in [-0.2, 0) is 11.2 Å². The van der Waals surface area contributed by atoms with Crippen LogP contribution in [0.1, 0.15) is 39.8 Å². The highest BCUT2D eigenvalue weighted by Crippen LogP contribution is 2.27. The molecule has 1 aliphatic rings. The lowest BCUT2D eigenvalue weighted by Crippen LogP contribution is -2.24. The van der Waals surface area contributed by atoms with Gasteiger partial charge in [0, 0.05) is 12.0 Å². The second-order valence-corrected chi connectivity index (χ2v) is 6.27. The Labute approximate surface area is 154 Å². The van der Waals surface area contributed by atoms with E-state index in [0.29, 0.717) is 17.8 Å². The van der Waals surface area contributed by atoms with Crippen molar-refractivity contribution in [3.8, 4) is 0 Å². The fraction of sp³-hybridized carbons (Fsp3) is 0.158. The van der Waals surface area contributed by atoms with Gasteiger partial charge < -0.3 is 5.32 Å². The first-order valence-corrected chi connectivity index (χ1v) is 8.44. The summed E-state index contributed by atoms with van der Waals surface area (Å²) < 4.78 is 12.9. The van der Waals surface area contributed by atoms with Gasteiger partial charge in [-0.2, -0.15) is 4.98 Å². The number of H-pyrrole nitrogens is 1. The van der Waals surface area contributed by atoms with E-state index in [1.807, 2.05) is 12.1 Å². The lowest BCUT2D eigenvalue weighted by atomic mass is 10.0. The van der Waals surface area contributed by atoms with Gasteiger partial charge in [-0.15, -0.1) is 5.10 Å². The zero-order valence-electron chi connectivity index (χ0n) is 14.2. The number of amides is 2. The molecule has 1 aliphatic heterocycles. The van der Waals surface area contributed by atoms with E-state index in [9.17, 15) is 14.0 Å². The molecule has 0 spiro atoms. The number of carbonyl (C=O) groups is 2. The van der Waals surface area contributed by atoms with Gasteiger partial charge in [0.15, 0.2) is 0 Å². The number of hydrogen-bond acceptors (Lipinski definition) is 4. The van der Waals surface area contributed by atoms with E-state index in [1.54, 1.807) is 24.3 Å². The molecular formula is C19H16FN5O2. The molecule has 0 aliphatic carbocycles. The van der Waals surface area contributed by atoms with Crippen molar-refractivity contribution in [1.82, 2.24) is 20.5 Å². The van der Waals surface area contributed by atoms with Crippen molar-refractivity contribution in [3.63, 3.8) is 0 Å². The standard InChI is InChI=1S/C19H16FN5O2/c20-12-7-5-11(6-8-12)9-16-22-19(25-24-16)23-17(26)10-15-13-3-1-2-4-14(13)18(27)21-15/h1-8,15H,9-10H2,(H,21,27)(H2,22,23,24,25,26). The molecule has 1 atom stereocenters. The van der Waals surface area contributed by atoms with Gasteiger partial charge in [-0.3, -0.25) is 20.0 Å². The maximum absolute atomic E-state index is 12.9. The van der Waals surface area contributed by atoms with E-state index in [4.69, 9.17) is 0 Å². The lowest BCUT2D eigenvalue weighted by molar-refractivity contribution is -0.116. The smallest absolute Gasteiger partial charge is 0.252 e. The molecule has 0 fully saturated rings. The fourth-order valence-corrected chi connectivity index (χ4v) is 3.07. The third kappa shape index (κ3) is 3.69. The number of halogens is 1. The van der Waals surface area contributed by atoms with Crippen LogP contribution in [0.3, 0.4) is 0 Å². The van der Waals surface area contributed by atoms with E-state index in [-0.39, 0.29) is 36.0 Å². The van der Waals surface area contributed by atoms with Crippen molar-refractivity contribution in [2.75, 3.05) is 5.32 Å². The van der Waals surface area contributed by atoms with Crippen molar-refractivity contribution in [2.45, 2.75) is 18.9 Å². The van der Waals surface area contributed by atoms with Gasteiger partial charge in [-0.05, 0) is 29.3 Å². The highest BCUT2D eigenvalue weighted by Gasteiger charge is 2.29. The molecule has 1 unspecified atom stereocenters. The Kier molecular flexibility index (Phi) is 4.37. The van der Waals surface area contributed by atoms with E-state index in [1.165, 1.54) is 12.1 Å². The Balaban J connectivity index is 1.37. The maximum Gasteiger partial charge on any atom is 0.252 e. The van der Waals surface area contributed by atoms with E-state index in [0.717, 1.165) is 11.1 Å². The first-order chi connectivity index (χ1) is 13.1. The summed E-state index contributed by atoms with van der Waals surface area (Å²) in [6.45, 7) is 0. The normalized spacial score (nSPS) is 15.3. The first kappa shape index (κ1) is 16.9. The monoisotopic (exact) mass is 365 g/mol. The molecule has 4 rings (SSSR count). The van der Waals surface area contributed by atoms with E-state index in [2.05, 4.69) is 25.8 Å². The number of aromatic amines is 1. The first-order valence-electron chi connectivity index (χ1n) is 8.44. The average Bonchev–Trinajstić information content (AvgIpc) is 3.22. The molecule has 136 valence electrons. The second kappa shape index (κ2) is 6.99. The Morgan fingerprint density at radius 3 is 2.74 bits per heavy atom. The number of carbonyl (C=O) groups excluding carboxylic acids is 2. The Hall–Kier alpha value is -3.55. The Morgan fingerprint density at radius 1 is 1.15 bits per heavy atom. The molecule has 3 aromatic rings. The highest BCUT2D eigenvalue weighted by atomic mass is 19.1. The molecular weight excluding hydrogens is 349 g/mol. The topological polar surface area (TPSA) is 99.8 Å². The van der Waals surface area contributed by atoms with Gasteiger partial charge in [-0.25, -0.2) is 4.39 Å². The molecule has 2 amide bonds. The molecule has 1 aromatic heterocycles. The summed E-state index contributed by atoms with van der Waals surface area (Å²) in [7, 11) is 0. The Morgan fingerprint density at radius 2 is 1.93 bits per heavy atom. The quantitative estimate of drug-likeness (QED) is 0.646. The minimum Gasteiger partial charge on any atom is -0.345 e. The predicted molar refractivity (Wildman–Crippen MR) is 95.5 cm³/mol. The van der Waals surface area contributed by atoms with Crippen LogP contribution in [0.4, 0.5) is 10.3 Å². The molecule has 27 heavy (non-hydrogen) atoms. The van der Waals surface area contributed by atoms with Crippen LogP contribution >= 0.6 is 0 Å². The fourth-order valence-electron chi connectivity index (χ4n) is 3.07. The van der Waals surface area contributed by atoms with Crippen LogP contribution in [-0.4, -0.2) is 27.0 Å². The highest BCUT2D eigenvalue weighted by molar-refractivity contribution is 6.00. The summed E-state index contributed by atoms with van der Waals surface area (Å²) in [4.78, 5) is 28.4. The molecule has 2 heterocycles. The third-order valence-corrected chi connectivity index (χ3v) is 4.34. The summed E-state index contributed by atoms with van der Waals surface area (Å²) in [5.41, 5.74) is 2.27. The zero-order valence-corrected chi connectivity index (χ0v) is 14.2. The predicted octanol–water partition coefficient (Wildman–Crippen LogP) is 2.35. The average molecular weight is 365 g/mol. The van der Waals surface area contributed by atoms with E-state index >= 15 is 0 Å². The number of hydrogen-bond donors (Lipinski definition) is 3. The maximum atomic E-state index is 12.9. The summed E-state index contributed by atoms with van der Waals surface area (Å²) in [6, 6.07) is 12.9. The van der Waals surface area contributed by atoms with Crippen molar-refractivity contribution in [1.29, 1.82) is 0 Å². The number of aromatic nitrogens is 3. The van der Waals surface area contributed by atoms with Crippen molar-refractivity contribution in [3.05, 3.63) is 76.9 Å². The van der Waals surface area contributed by atoms with E-state index < -0.39 is 0 Å². The summed E-state index contributed by atoms with van der Waals surface area (Å²) in [5, 5.41) is 12.2. The molecule has 0 saturated heterocycles. The SMILES string of the molecule is O=C(CC1NC(=O)c2ccccc21)Nc1n[nH]c(Cc2ccc(F)cc2)n1. The summed E-state index contributed by atoms with van der Waals surface area (Å²) >= 11 is 0. The van der Waals surface area contributed by atoms with Crippen molar-refractivity contribution >= 4 is 17.8 Å². The van der Waals surface area contributed by atoms with Gasteiger partial charge in [0.25, 0.3) is 5.91 Å². The number of nitrogens with zero attached hydrogens (tertiary/aromatic N) is 2. The lowest BCUT2D eigenvalue weighted by Gasteiger charge is -2.10. The van der Waals surface area contributed by atoms with Crippen molar-refractivity contribution < 1.29 is 14.0 Å². The number of rotatable bonds is 5. The largest absolute Gasteiger partial charge is 0.345 e. The van der Waals surface area contributed by atoms with Crippen LogP contribution < -0.4 is 10.6 Å². The van der Waals surface area contributed by atoms with Crippen LogP contribution in [0.5, 0.6) is 0 Å². The van der Waals surface area contributed by atoms with Gasteiger partial charge in [0.05, 0.1) is 12.5 Å². The van der Waals surface area contributed by atoms with Crippen LogP contribution in [0, 0.1) is 5.82 Å². The molecule has 0 bridgehead atoms. The van der Waals surface area contributed by atoms with Gasteiger partial charge in [0.2, 0.25) is 11.9 Å². The molecule has 7 nitrogen and oxygen atoms in total. The minimum absolute atomic E-state index is 0.0879. The number of fused-ring (bicyclic) bond motifs is 1. The summed E-state index contributed by atoms with van der Waals surface area (Å²) in [6.07, 6.45) is 0.528. The van der Waals surface area contributed by atoms with Crippen molar-refractivity contribution in [2.24, 2.45) is 0 Å². The molecule has 0 saturated carbocycles. The second-order valence-electron chi connectivity index (χ2n) is 6.27. The zero-order chi connectivity index (χ0) is 18.8. The summed E-state index contributed by atoms with van der Waals surface area (Å²) in [5.74, 6) is -0.0665. The van der Waals surface area contributed by atoms with Gasteiger partial charge >= 0.3 is 0 Å². The molecule has 2 aromatic carbocycles. The van der Waals surface area contributed by atoms with Gasteiger partial charge in [0.1, 0.15) is 11.6 Å². The number of nitrogens with one attached hydrogen (secondary N) is 3. The number of benzene rings is 2. The van der Waals surface area contributed by atoms with Crippen LogP contribution in [0.15, 0.2) is 48.5 Å². The number of anilines is 1. The molecule has 8 heteroatoms. The molecule has 0 radical (unpaired) electrons. The minimum atomic E-state index is -0.369. The molecule has 3 N–H and O–H groups in total. The Bertz CT molecular complexity index is 999. The van der Waals surface area contributed by atoms with Crippen LogP contribution in [0.2, 0.25) is 0 Å². The third-order valence-electron chi connectivity index (χ3n) is 4.34. The van der Waals surface area contributed by atoms with Gasteiger partial charge in [-0.1, -0.05) is 30.3 Å². The van der Waals surface area contributed by atoms with Crippen LogP contribution in [0.25, 0.3) is 0 Å².